The summed E-state index contributed by atoms with van der Waals surface area (Å²) < 4.78 is 34.8. The number of hydrogen-bond acceptors (Lipinski definition) is 7. The summed E-state index contributed by atoms with van der Waals surface area (Å²) in [7, 11) is -4.84. The Labute approximate surface area is 156 Å². The number of hydrazine groups is 1. The molecular weight excluding hydrogens is 382 g/mol. The van der Waals surface area contributed by atoms with Crippen molar-refractivity contribution < 1.29 is 31.6 Å². The van der Waals surface area contributed by atoms with Crippen molar-refractivity contribution in [1.29, 1.82) is 0 Å². The lowest BCUT2D eigenvalue weighted by Crippen LogP contribution is -2.54. The molecule has 4 N–H and O–H groups in total. The maximum atomic E-state index is 12.3. The summed E-state index contributed by atoms with van der Waals surface area (Å²) >= 11 is 0. The van der Waals surface area contributed by atoms with E-state index in [0.29, 0.717) is 23.9 Å². The van der Waals surface area contributed by atoms with E-state index >= 15 is 0 Å². The van der Waals surface area contributed by atoms with Gasteiger partial charge >= 0.3 is 16.4 Å². The molecule has 13 heteroatoms. The Hall–Kier alpha value is -1.96. The van der Waals surface area contributed by atoms with Gasteiger partial charge < -0.3 is 10.2 Å². The first kappa shape index (κ1) is 19.8. The number of amides is 4. The molecule has 3 aliphatic rings. The molecule has 2 bridgehead atoms. The summed E-state index contributed by atoms with van der Waals surface area (Å²) in [5.41, 5.74) is 4.66. The van der Waals surface area contributed by atoms with Crippen LogP contribution < -0.4 is 16.2 Å². The van der Waals surface area contributed by atoms with E-state index in [2.05, 4.69) is 20.5 Å². The molecule has 3 rings (SSSR count). The van der Waals surface area contributed by atoms with Crippen LogP contribution in [0.4, 0.5) is 4.79 Å². The third-order valence-corrected chi connectivity index (χ3v) is 5.36. The largest absolute Gasteiger partial charge is 0.418 e. The van der Waals surface area contributed by atoms with Crippen LogP contribution in [0.15, 0.2) is 0 Å². The molecule has 0 saturated carbocycles. The first-order valence-electron chi connectivity index (χ1n) is 8.83. The Morgan fingerprint density at radius 3 is 2.70 bits per heavy atom. The number of rotatable bonds is 6. The summed E-state index contributed by atoms with van der Waals surface area (Å²) in [5, 5.41) is 3.85. The van der Waals surface area contributed by atoms with Crippen LogP contribution in [0.2, 0.25) is 0 Å². The maximum absolute atomic E-state index is 12.3. The summed E-state index contributed by atoms with van der Waals surface area (Å²) in [6.07, 6.45) is 3.66. The van der Waals surface area contributed by atoms with Gasteiger partial charge in [-0.3, -0.25) is 25.0 Å². The number of carbonyl (C=O) groups is 3. The van der Waals surface area contributed by atoms with Crippen molar-refractivity contribution in [2.75, 3.05) is 13.1 Å². The second kappa shape index (κ2) is 7.96. The molecule has 152 valence electrons. The Bertz CT molecular complexity index is 709. The van der Waals surface area contributed by atoms with Crippen molar-refractivity contribution in [3.63, 3.8) is 0 Å². The smallest absolute Gasteiger partial charge is 0.314 e. The minimum absolute atomic E-state index is 0.0910. The van der Waals surface area contributed by atoms with Gasteiger partial charge in [-0.1, -0.05) is 0 Å². The van der Waals surface area contributed by atoms with Crippen LogP contribution in [0.5, 0.6) is 0 Å². The van der Waals surface area contributed by atoms with Crippen LogP contribution in [-0.2, 0) is 24.3 Å². The first-order valence-corrected chi connectivity index (χ1v) is 10.2. The van der Waals surface area contributed by atoms with E-state index in [1.54, 1.807) is 0 Å². The number of fused-ring (bicyclic) bond motifs is 2. The molecule has 4 amide bonds. The second-order valence-corrected chi connectivity index (χ2v) is 7.88. The van der Waals surface area contributed by atoms with Gasteiger partial charge in [-0.2, -0.15) is 13.5 Å². The zero-order chi connectivity index (χ0) is 19.6. The minimum atomic E-state index is -4.84. The highest BCUT2D eigenvalue weighted by Crippen LogP contribution is 2.30. The van der Waals surface area contributed by atoms with Gasteiger partial charge in [0.15, 0.2) is 0 Å². The first-order chi connectivity index (χ1) is 12.7. The summed E-state index contributed by atoms with van der Waals surface area (Å²) in [6.45, 7) is 1.04. The third kappa shape index (κ3) is 4.86. The fourth-order valence-electron chi connectivity index (χ4n) is 3.69. The molecule has 12 nitrogen and oxygen atoms in total. The lowest BCUT2D eigenvalue weighted by molar-refractivity contribution is -0.132. The van der Waals surface area contributed by atoms with Gasteiger partial charge in [0.25, 0.3) is 5.91 Å². The van der Waals surface area contributed by atoms with Crippen LogP contribution in [0, 0.1) is 0 Å². The van der Waals surface area contributed by atoms with Gasteiger partial charge in [-0.15, -0.1) is 4.28 Å². The number of carbonyl (C=O) groups excluding carboxylic acids is 3. The normalized spacial score (nSPS) is 27.7. The average Bonchev–Trinajstić information content (AvgIpc) is 3.20. The van der Waals surface area contributed by atoms with E-state index in [0.717, 1.165) is 24.3 Å². The highest BCUT2D eigenvalue weighted by Gasteiger charge is 2.49. The van der Waals surface area contributed by atoms with Crippen molar-refractivity contribution in [2.45, 2.75) is 56.7 Å². The number of nitrogens with zero attached hydrogens (tertiary/aromatic N) is 2. The maximum Gasteiger partial charge on any atom is 0.418 e. The van der Waals surface area contributed by atoms with Crippen molar-refractivity contribution >= 4 is 28.2 Å². The van der Waals surface area contributed by atoms with E-state index < -0.39 is 34.4 Å². The zero-order valence-corrected chi connectivity index (χ0v) is 15.4. The molecule has 3 saturated heterocycles. The molecule has 3 aliphatic heterocycles. The van der Waals surface area contributed by atoms with Crippen LogP contribution in [0.1, 0.15) is 38.5 Å². The average molecular weight is 405 g/mol. The van der Waals surface area contributed by atoms with Crippen LogP contribution >= 0.6 is 0 Å². The quantitative estimate of drug-likeness (QED) is 0.313. The van der Waals surface area contributed by atoms with Crippen LogP contribution in [0.3, 0.4) is 0 Å². The van der Waals surface area contributed by atoms with Crippen molar-refractivity contribution in [3.05, 3.63) is 0 Å². The van der Waals surface area contributed by atoms with Gasteiger partial charge in [-0.05, 0) is 38.6 Å². The number of hydrogen-bond donors (Lipinski definition) is 4. The Balaban J connectivity index is 1.47. The topological polar surface area (TPSA) is 157 Å². The molecule has 27 heavy (non-hydrogen) atoms. The van der Waals surface area contributed by atoms with E-state index in [9.17, 15) is 22.8 Å². The molecule has 3 fully saturated rings. The molecule has 0 spiro atoms. The lowest BCUT2D eigenvalue weighted by atomic mass is 10.0. The summed E-state index contributed by atoms with van der Waals surface area (Å²) in [4.78, 5) is 37.6. The monoisotopic (exact) mass is 405 g/mol. The van der Waals surface area contributed by atoms with Crippen molar-refractivity contribution in [1.82, 2.24) is 26.1 Å². The van der Waals surface area contributed by atoms with Gasteiger partial charge in [-0.25, -0.2) is 4.79 Å². The number of nitrogens with one attached hydrogen (secondary N) is 3. The second-order valence-electron chi connectivity index (χ2n) is 6.88. The minimum Gasteiger partial charge on any atom is -0.314 e. The van der Waals surface area contributed by atoms with Gasteiger partial charge in [0.2, 0.25) is 5.91 Å². The van der Waals surface area contributed by atoms with E-state index in [-0.39, 0.29) is 25.3 Å². The molecule has 0 aromatic heterocycles. The third-order valence-electron chi connectivity index (χ3n) is 5.01. The number of piperidine rings is 1. The molecule has 3 atom stereocenters. The van der Waals surface area contributed by atoms with Gasteiger partial charge in [0, 0.05) is 19.0 Å². The standard InChI is InChI=1S/C14H23N5O7S/c20-12(6-3-9-2-1-7-15-9)16-17-13(21)11-5-4-10-8-18(11)14(22)19(10)26-27(23,24)25/h9-11,15H,1-8H2,(H,16,20)(H,17,21)(H,23,24,25)/t9-,10+,11?/m0/s1. The molecule has 0 aromatic carbocycles. The van der Waals surface area contributed by atoms with E-state index in [4.69, 9.17) is 4.55 Å². The fraction of sp³-hybridized carbons (Fsp3) is 0.786. The molecule has 3 heterocycles. The lowest BCUT2D eigenvalue weighted by Gasteiger charge is -2.29. The molecule has 1 unspecified atom stereocenters. The van der Waals surface area contributed by atoms with Crippen LogP contribution in [0.25, 0.3) is 0 Å². The molecule has 0 aromatic rings. The zero-order valence-electron chi connectivity index (χ0n) is 14.6. The highest BCUT2D eigenvalue weighted by molar-refractivity contribution is 7.80. The van der Waals surface area contributed by atoms with Gasteiger partial charge in [0.05, 0.1) is 6.04 Å². The number of urea groups is 1. The van der Waals surface area contributed by atoms with Crippen molar-refractivity contribution in [2.24, 2.45) is 0 Å². The van der Waals surface area contributed by atoms with E-state index in [1.807, 2.05) is 0 Å². The summed E-state index contributed by atoms with van der Waals surface area (Å²) in [5.74, 6) is -0.891. The summed E-state index contributed by atoms with van der Waals surface area (Å²) in [6, 6.07) is -1.94. The Kier molecular flexibility index (Phi) is 5.83. The van der Waals surface area contributed by atoms with Crippen LogP contribution in [-0.4, -0.2) is 72.0 Å². The highest BCUT2D eigenvalue weighted by atomic mass is 32.3. The Morgan fingerprint density at radius 1 is 1.26 bits per heavy atom. The molecule has 0 aliphatic carbocycles. The van der Waals surface area contributed by atoms with Crippen molar-refractivity contribution in [3.8, 4) is 0 Å². The molecular formula is C14H23N5O7S. The predicted octanol–water partition coefficient (Wildman–Crippen LogP) is -1.33. The van der Waals surface area contributed by atoms with E-state index in [1.165, 1.54) is 0 Å². The number of hydroxylamine groups is 2. The molecule has 0 radical (unpaired) electrons. The predicted molar refractivity (Wildman–Crippen MR) is 89.9 cm³/mol. The SMILES string of the molecule is O=C(CC[C@@H]1CCCN1)NNC(=O)C1CC[C@@H]2CN1C(=O)N2OS(=O)(=O)O. The van der Waals surface area contributed by atoms with Gasteiger partial charge in [0.1, 0.15) is 6.04 Å². The fourth-order valence-corrected chi connectivity index (χ4v) is 4.08. The Morgan fingerprint density at radius 2 is 2.04 bits per heavy atom.